The predicted molar refractivity (Wildman–Crippen MR) is 91.5 cm³/mol. The van der Waals surface area contributed by atoms with Gasteiger partial charge in [-0.05, 0) is 46.7 Å². The Kier molecular flexibility index (Phi) is 2.29. The van der Waals surface area contributed by atoms with Gasteiger partial charge in [-0.2, -0.15) is 0 Å². The fraction of sp³-hybridized carbons (Fsp3) is 0.150. The molecule has 22 heavy (non-hydrogen) atoms. The molecule has 0 radical (unpaired) electrons. The molecule has 106 valence electrons. The zero-order chi connectivity index (χ0) is 14.7. The van der Waals surface area contributed by atoms with Crippen molar-refractivity contribution in [3.05, 3.63) is 70.5 Å². The molecule has 1 aromatic heterocycles. The van der Waals surface area contributed by atoms with E-state index in [1.54, 1.807) is 0 Å². The Morgan fingerprint density at radius 3 is 2.45 bits per heavy atom. The van der Waals surface area contributed by atoms with Crippen molar-refractivity contribution in [3.8, 4) is 0 Å². The van der Waals surface area contributed by atoms with E-state index < -0.39 is 0 Å². The van der Waals surface area contributed by atoms with Crippen molar-refractivity contribution < 1.29 is 0 Å². The summed E-state index contributed by atoms with van der Waals surface area (Å²) in [7, 11) is 0. The van der Waals surface area contributed by atoms with Crippen LogP contribution in [-0.4, -0.2) is 4.57 Å². The molecular weight excluding hydrogens is 270 g/mol. The molecule has 2 heteroatoms. The zero-order valence-electron chi connectivity index (χ0n) is 12.2. The molecule has 3 aromatic carbocycles. The van der Waals surface area contributed by atoms with E-state index in [1.807, 2.05) is 22.8 Å². The molecule has 0 saturated carbocycles. The van der Waals surface area contributed by atoms with E-state index in [1.165, 1.54) is 21.7 Å². The van der Waals surface area contributed by atoms with E-state index in [9.17, 15) is 4.79 Å². The van der Waals surface area contributed by atoms with Gasteiger partial charge < -0.3 is 4.57 Å². The minimum absolute atomic E-state index is 0.152. The molecule has 1 aliphatic heterocycles. The molecule has 0 amide bonds. The van der Waals surface area contributed by atoms with E-state index in [0.29, 0.717) is 0 Å². The minimum atomic E-state index is 0.152. The largest absolute Gasteiger partial charge is 0.307 e. The van der Waals surface area contributed by atoms with Gasteiger partial charge in [0.1, 0.15) is 0 Å². The van der Waals surface area contributed by atoms with E-state index in [2.05, 4.69) is 36.4 Å². The molecule has 0 N–H and O–H groups in total. The number of pyridine rings is 1. The lowest BCUT2D eigenvalue weighted by molar-refractivity contribution is 0.620. The monoisotopic (exact) mass is 285 g/mol. The van der Waals surface area contributed by atoms with E-state index in [0.717, 1.165) is 35.7 Å². The Morgan fingerprint density at radius 2 is 1.59 bits per heavy atom. The van der Waals surface area contributed by atoms with Crippen LogP contribution in [0.5, 0.6) is 0 Å². The van der Waals surface area contributed by atoms with Crippen LogP contribution in [0.15, 0.2) is 59.4 Å². The lowest BCUT2D eigenvalue weighted by Gasteiger charge is -2.22. The summed E-state index contributed by atoms with van der Waals surface area (Å²) in [6.07, 6.45) is 2.10. The molecule has 2 nitrogen and oxygen atoms in total. The van der Waals surface area contributed by atoms with Gasteiger partial charge >= 0.3 is 0 Å². The number of aromatic nitrogens is 1. The van der Waals surface area contributed by atoms with Crippen molar-refractivity contribution in [3.63, 3.8) is 0 Å². The Balaban J connectivity index is 2.23. The van der Waals surface area contributed by atoms with E-state index in [4.69, 9.17) is 0 Å². The molecule has 0 spiro atoms. The normalized spacial score (nSPS) is 14.0. The highest BCUT2D eigenvalue weighted by Crippen LogP contribution is 2.35. The summed E-state index contributed by atoms with van der Waals surface area (Å²) in [5.41, 5.74) is 2.61. The van der Waals surface area contributed by atoms with Crippen LogP contribution in [-0.2, 0) is 13.0 Å². The van der Waals surface area contributed by atoms with Gasteiger partial charge in [-0.25, -0.2) is 0 Å². The van der Waals surface area contributed by atoms with Crippen LogP contribution in [0.25, 0.3) is 32.4 Å². The third kappa shape index (κ3) is 1.42. The van der Waals surface area contributed by atoms with Gasteiger partial charge in [-0.3, -0.25) is 4.79 Å². The summed E-state index contributed by atoms with van der Waals surface area (Å²) < 4.78 is 1.99. The van der Waals surface area contributed by atoms with Crippen molar-refractivity contribution in [2.45, 2.75) is 19.4 Å². The van der Waals surface area contributed by atoms with Gasteiger partial charge in [-0.1, -0.05) is 42.5 Å². The number of hydrogen-bond donors (Lipinski definition) is 0. The standard InChI is InChI=1S/C20H15NO/c22-20-17-10-4-3-9-16(17)18-15-8-2-1-6-13(15)12-14-7-5-11-21(20)19(14)18/h1-4,6,8-10,12H,5,7,11H2. The first-order chi connectivity index (χ1) is 10.8. The number of benzene rings is 3. The average Bonchev–Trinajstić information content (AvgIpc) is 2.58. The van der Waals surface area contributed by atoms with Crippen LogP contribution in [0, 0.1) is 0 Å². The van der Waals surface area contributed by atoms with Crippen LogP contribution >= 0.6 is 0 Å². The summed E-state index contributed by atoms with van der Waals surface area (Å²) in [5, 5.41) is 5.66. The highest BCUT2D eigenvalue weighted by Gasteiger charge is 2.19. The minimum Gasteiger partial charge on any atom is -0.307 e. The van der Waals surface area contributed by atoms with Crippen LogP contribution in [0.2, 0.25) is 0 Å². The molecule has 0 unspecified atom stereocenters. The predicted octanol–water partition coefficient (Wildman–Crippen LogP) is 4.25. The van der Waals surface area contributed by atoms with Gasteiger partial charge in [0.25, 0.3) is 5.56 Å². The highest BCUT2D eigenvalue weighted by molar-refractivity contribution is 6.19. The Morgan fingerprint density at radius 1 is 0.864 bits per heavy atom. The fourth-order valence-corrected chi connectivity index (χ4v) is 3.94. The maximum atomic E-state index is 12.9. The maximum Gasteiger partial charge on any atom is 0.258 e. The highest BCUT2D eigenvalue weighted by atomic mass is 16.1. The Labute approximate surface area is 127 Å². The summed E-state index contributed by atoms with van der Waals surface area (Å²) in [6.45, 7) is 0.825. The first kappa shape index (κ1) is 12.0. The lowest BCUT2D eigenvalue weighted by Crippen LogP contribution is -2.24. The van der Waals surface area contributed by atoms with Gasteiger partial charge in [0, 0.05) is 17.3 Å². The number of nitrogens with zero attached hydrogens (tertiary/aromatic N) is 1. The lowest BCUT2D eigenvalue weighted by atomic mass is 9.92. The molecule has 0 atom stereocenters. The first-order valence-corrected chi connectivity index (χ1v) is 7.80. The molecule has 0 bridgehead atoms. The number of fused-ring (bicyclic) bond motifs is 4. The SMILES string of the molecule is O=c1c2ccccc2c2c3ccccc3cc3c2n1CCC3. The molecule has 4 aromatic rings. The number of hydrogen-bond acceptors (Lipinski definition) is 1. The van der Waals surface area contributed by atoms with Crippen molar-refractivity contribution in [2.75, 3.05) is 0 Å². The van der Waals surface area contributed by atoms with Crippen LogP contribution in [0.4, 0.5) is 0 Å². The summed E-state index contributed by atoms with van der Waals surface area (Å²) in [4.78, 5) is 12.9. The molecule has 0 fully saturated rings. The fourth-order valence-electron chi connectivity index (χ4n) is 3.94. The molecule has 2 heterocycles. The second-order valence-electron chi connectivity index (χ2n) is 6.09. The number of aryl methyl sites for hydroxylation is 2. The van der Waals surface area contributed by atoms with Gasteiger partial charge in [0.2, 0.25) is 0 Å². The summed E-state index contributed by atoms with van der Waals surface area (Å²) in [5.74, 6) is 0. The van der Waals surface area contributed by atoms with Crippen molar-refractivity contribution in [1.82, 2.24) is 4.57 Å². The van der Waals surface area contributed by atoms with Crippen molar-refractivity contribution in [1.29, 1.82) is 0 Å². The molecule has 1 aliphatic rings. The zero-order valence-corrected chi connectivity index (χ0v) is 12.2. The van der Waals surface area contributed by atoms with E-state index >= 15 is 0 Å². The quantitative estimate of drug-likeness (QED) is 0.443. The van der Waals surface area contributed by atoms with Crippen molar-refractivity contribution >= 4 is 32.4 Å². The van der Waals surface area contributed by atoms with Crippen LogP contribution in [0.1, 0.15) is 12.0 Å². The third-order valence-electron chi connectivity index (χ3n) is 4.87. The smallest absolute Gasteiger partial charge is 0.258 e. The average molecular weight is 285 g/mol. The number of rotatable bonds is 0. The van der Waals surface area contributed by atoms with Gasteiger partial charge in [-0.15, -0.1) is 0 Å². The van der Waals surface area contributed by atoms with Gasteiger partial charge in [0.15, 0.2) is 0 Å². The molecule has 0 saturated heterocycles. The van der Waals surface area contributed by atoms with Gasteiger partial charge in [0.05, 0.1) is 5.52 Å². The topological polar surface area (TPSA) is 22.0 Å². The first-order valence-electron chi connectivity index (χ1n) is 7.80. The third-order valence-corrected chi connectivity index (χ3v) is 4.87. The molecule has 5 rings (SSSR count). The molecule has 0 aliphatic carbocycles. The van der Waals surface area contributed by atoms with Crippen LogP contribution < -0.4 is 5.56 Å². The summed E-state index contributed by atoms with van der Waals surface area (Å²) >= 11 is 0. The maximum absolute atomic E-state index is 12.9. The molecular formula is C20H15NO. The van der Waals surface area contributed by atoms with Crippen LogP contribution in [0.3, 0.4) is 0 Å². The Bertz CT molecular complexity index is 1120. The van der Waals surface area contributed by atoms with E-state index in [-0.39, 0.29) is 5.56 Å². The second kappa shape index (κ2) is 4.20. The summed E-state index contributed by atoms with van der Waals surface area (Å²) in [6, 6.07) is 18.8. The van der Waals surface area contributed by atoms with Crippen molar-refractivity contribution in [2.24, 2.45) is 0 Å². The Hall–Kier alpha value is -2.61. The second-order valence-corrected chi connectivity index (χ2v) is 6.09.